The zero-order chi connectivity index (χ0) is 11.5. The third kappa shape index (κ3) is 5.27. The summed E-state index contributed by atoms with van der Waals surface area (Å²) < 4.78 is 0. The first-order chi connectivity index (χ1) is 6.87. The van der Waals surface area contributed by atoms with Crippen molar-refractivity contribution in [1.29, 1.82) is 0 Å². The van der Waals surface area contributed by atoms with Crippen molar-refractivity contribution < 1.29 is 0 Å². The summed E-state index contributed by atoms with van der Waals surface area (Å²) in [4.78, 5) is 1.38. The summed E-state index contributed by atoms with van der Waals surface area (Å²) in [6.07, 6.45) is 1.15. The van der Waals surface area contributed by atoms with E-state index in [0.717, 1.165) is 6.42 Å². The quantitative estimate of drug-likeness (QED) is 0.663. The third-order valence-electron chi connectivity index (χ3n) is 2.03. The van der Waals surface area contributed by atoms with Crippen LogP contribution >= 0.6 is 11.8 Å². The lowest BCUT2D eigenvalue weighted by Crippen LogP contribution is -2.08. The molecule has 0 bridgehead atoms. The summed E-state index contributed by atoms with van der Waals surface area (Å²) in [5.41, 5.74) is 1.82. The average molecular weight is 222 g/mol. The molecule has 0 unspecified atom stereocenters. The second-order valence-electron chi connectivity index (χ2n) is 5.55. The Balaban J connectivity index is 2.64. The van der Waals surface area contributed by atoms with E-state index in [4.69, 9.17) is 0 Å². The molecule has 0 nitrogen and oxygen atoms in total. The maximum Gasteiger partial charge on any atom is 0.00747 e. The highest BCUT2D eigenvalue weighted by molar-refractivity contribution is 7.99. The van der Waals surface area contributed by atoms with Crippen molar-refractivity contribution in [3.8, 4) is 0 Å². The van der Waals surface area contributed by atoms with Crippen LogP contribution in [0.25, 0.3) is 0 Å². The first-order valence-corrected chi connectivity index (χ1v) is 6.50. The molecular weight excluding hydrogens is 200 g/mol. The van der Waals surface area contributed by atoms with Gasteiger partial charge in [0.05, 0.1) is 0 Å². The standard InChI is InChI=1S/C14H22S/c1-11(2)15-13-8-6-12(7-9-13)10-14(3,4)5/h6-9,11H,10H2,1-5H3. The topological polar surface area (TPSA) is 0 Å². The molecule has 0 saturated heterocycles. The number of benzene rings is 1. The monoisotopic (exact) mass is 222 g/mol. The Hall–Kier alpha value is -0.430. The normalized spacial score (nSPS) is 12.1. The van der Waals surface area contributed by atoms with Crippen LogP contribution in [0.2, 0.25) is 0 Å². The minimum absolute atomic E-state index is 0.382. The molecule has 15 heavy (non-hydrogen) atoms. The van der Waals surface area contributed by atoms with Gasteiger partial charge in [-0.3, -0.25) is 0 Å². The van der Waals surface area contributed by atoms with Crippen LogP contribution < -0.4 is 0 Å². The van der Waals surface area contributed by atoms with Gasteiger partial charge in [0.25, 0.3) is 0 Å². The number of thioether (sulfide) groups is 1. The highest BCUT2D eigenvalue weighted by Gasteiger charge is 2.10. The molecule has 1 rings (SSSR count). The van der Waals surface area contributed by atoms with E-state index in [1.807, 2.05) is 11.8 Å². The molecule has 0 aliphatic carbocycles. The highest BCUT2D eigenvalue weighted by atomic mass is 32.2. The predicted octanol–water partition coefficient (Wildman–Crippen LogP) is 4.78. The lowest BCUT2D eigenvalue weighted by molar-refractivity contribution is 0.411. The van der Waals surface area contributed by atoms with E-state index in [9.17, 15) is 0 Å². The first-order valence-electron chi connectivity index (χ1n) is 5.62. The second-order valence-corrected chi connectivity index (χ2v) is 7.20. The van der Waals surface area contributed by atoms with Gasteiger partial charge in [0, 0.05) is 10.1 Å². The van der Waals surface area contributed by atoms with Crippen LogP contribution in [0.5, 0.6) is 0 Å². The molecule has 0 atom stereocenters. The summed E-state index contributed by atoms with van der Waals surface area (Å²) >= 11 is 1.93. The van der Waals surface area contributed by atoms with Crippen molar-refractivity contribution in [2.45, 2.75) is 51.2 Å². The van der Waals surface area contributed by atoms with Crippen molar-refractivity contribution in [2.75, 3.05) is 0 Å². The molecule has 0 amide bonds. The lowest BCUT2D eigenvalue weighted by atomic mass is 9.88. The van der Waals surface area contributed by atoms with Crippen LogP contribution in [-0.4, -0.2) is 5.25 Å². The number of hydrogen-bond donors (Lipinski definition) is 0. The molecule has 1 aromatic rings. The summed E-state index contributed by atoms with van der Waals surface area (Å²) in [6.45, 7) is 11.3. The SMILES string of the molecule is CC(C)Sc1ccc(CC(C)(C)C)cc1. The fourth-order valence-electron chi connectivity index (χ4n) is 1.57. The molecule has 0 saturated carbocycles. The summed E-state index contributed by atoms with van der Waals surface area (Å²) in [7, 11) is 0. The Morgan fingerprint density at radius 2 is 1.60 bits per heavy atom. The highest BCUT2D eigenvalue weighted by Crippen LogP contribution is 2.25. The van der Waals surface area contributed by atoms with Crippen molar-refractivity contribution in [3.05, 3.63) is 29.8 Å². The smallest absolute Gasteiger partial charge is 0.00747 e. The molecule has 0 N–H and O–H groups in total. The van der Waals surface area contributed by atoms with Crippen molar-refractivity contribution >= 4 is 11.8 Å². The molecule has 0 aliphatic heterocycles. The molecule has 1 aromatic carbocycles. The fourth-order valence-corrected chi connectivity index (χ4v) is 2.41. The van der Waals surface area contributed by atoms with E-state index in [2.05, 4.69) is 58.9 Å². The van der Waals surface area contributed by atoms with E-state index in [1.54, 1.807) is 0 Å². The van der Waals surface area contributed by atoms with E-state index in [-0.39, 0.29) is 0 Å². The molecule has 0 heterocycles. The van der Waals surface area contributed by atoms with Gasteiger partial charge >= 0.3 is 0 Å². The Morgan fingerprint density at radius 1 is 1.07 bits per heavy atom. The Kier molecular flexibility index (Phi) is 4.27. The van der Waals surface area contributed by atoms with Crippen LogP contribution in [0.15, 0.2) is 29.2 Å². The molecule has 0 aliphatic rings. The van der Waals surface area contributed by atoms with E-state index < -0.39 is 0 Å². The average Bonchev–Trinajstić information content (AvgIpc) is 2.05. The van der Waals surface area contributed by atoms with Crippen molar-refractivity contribution in [1.82, 2.24) is 0 Å². The molecule has 0 radical (unpaired) electrons. The number of rotatable bonds is 3. The summed E-state index contributed by atoms with van der Waals surface area (Å²) in [5, 5.41) is 0.665. The van der Waals surface area contributed by atoms with Gasteiger partial charge in [0.2, 0.25) is 0 Å². The van der Waals surface area contributed by atoms with Crippen LogP contribution in [0.4, 0.5) is 0 Å². The zero-order valence-electron chi connectivity index (χ0n) is 10.5. The minimum atomic E-state index is 0.382. The molecule has 1 heteroatoms. The molecule has 0 fully saturated rings. The molecule has 0 spiro atoms. The fraction of sp³-hybridized carbons (Fsp3) is 0.571. The van der Waals surface area contributed by atoms with Gasteiger partial charge in [-0.2, -0.15) is 0 Å². The predicted molar refractivity (Wildman–Crippen MR) is 70.6 cm³/mol. The van der Waals surface area contributed by atoms with Gasteiger partial charge in [-0.05, 0) is 29.5 Å². The molecule has 84 valence electrons. The van der Waals surface area contributed by atoms with Gasteiger partial charge in [-0.25, -0.2) is 0 Å². The number of hydrogen-bond acceptors (Lipinski definition) is 1. The Labute approximate surface area is 98.5 Å². The van der Waals surface area contributed by atoms with E-state index in [1.165, 1.54) is 10.5 Å². The van der Waals surface area contributed by atoms with Crippen LogP contribution in [0.1, 0.15) is 40.2 Å². The van der Waals surface area contributed by atoms with E-state index >= 15 is 0 Å². The van der Waals surface area contributed by atoms with Gasteiger partial charge < -0.3 is 0 Å². The van der Waals surface area contributed by atoms with Gasteiger partial charge in [-0.1, -0.05) is 46.8 Å². The third-order valence-corrected chi connectivity index (χ3v) is 3.05. The molecule has 0 aromatic heterocycles. The second kappa shape index (κ2) is 5.07. The Morgan fingerprint density at radius 3 is 2.00 bits per heavy atom. The van der Waals surface area contributed by atoms with Gasteiger partial charge in [-0.15, -0.1) is 11.8 Å². The van der Waals surface area contributed by atoms with Crippen LogP contribution in [-0.2, 0) is 6.42 Å². The van der Waals surface area contributed by atoms with Crippen LogP contribution in [0.3, 0.4) is 0 Å². The van der Waals surface area contributed by atoms with Crippen molar-refractivity contribution in [2.24, 2.45) is 5.41 Å². The van der Waals surface area contributed by atoms with E-state index in [0.29, 0.717) is 10.7 Å². The van der Waals surface area contributed by atoms with Gasteiger partial charge in [0.15, 0.2) is 0 Å². The summed E-state index contributed by atoms with van der Waals surface area (Å²) in [6, 6.07) is 9.00. The molecular formula is C14H22S. The maximum atomic E-state index is 2.28. The largest absolute Gasteiger partial charge is 0.123 e. The summed E-state index contributed by atoms with van der Waals surface area (Å²) in [5.74, 6) is 0. The first kappa shape index (κ1) is 12.6. The zero-order valence-corrected chi connectivity index (χ0v) is 11.3. The van der Waals surface area contributed by atoms with Crippen LogP contribution in [0, 0.1) is 5.41 Å². The minimum Gasteiger partial charge on any atom is -0.123 e. The lowest BCUT2D eigenvalue weighted by Gasteiger charge is -2.18. The van der Waals surface area contributed by atoms with Gasteiger partial charge in [0.1, 0.15) is 0 Å². The Bertz CT molecular complexity index is 290. The van der Waals surface area contributed by atoms with Crippen molar-refractivity contribution in [3.63, 3.8) is 0 Å². The maximum absolute atomic E-state index is 2.28.